The van der Waals surface area contributed by atoms with Gasteiger partial charge in [-0.1, -0.05) is 29.8 Å². The van der Waals surface area contributed by atoms with Crippen LogP contribution in [0.25, 0.3) is 0 Å². The number of guanidine groups is 1. The number of fused-ring (bicyclic) bond motifs is 3. The second-order valence-corrected chi connectivity index (χ2v) is 6.24. The molecule has 122 valence electrons. The van der Waals surface area contributed by atoms with Crippen LogP contribution >= 0.6 is 11.6 Å². The fourth-order valence-electron chi connectivity index (χ4n) is 3.14. The third-order valence-electron chi connectivity index (χ3n) is 4.31. The van der Waals surface area contributed by atoms with Gasteiger partial charge in [0, 0.05) is 23.7 Å². The molecular weight excluding hydrogens is 326 g/mol. The summed E-state index contributed by atoms with van der Waals surface area (Å²) < 4.78 is 5.20. The molecule has 0 radical (unpaired) electrons. The lowest BCUT2D eigenvalue weighted by atomic mass is 10.1. The number of benzene rings is 2. The van der Waals surface area contributed by atoms with Crippen LogP contribution in [0.5, 0.6) is 5.75 Å². The number of rotatable bonds is 3. The van der Waals surface area contributed by atoms with E-state index in [4.69, 9.17) is 16.3 Å². The molecule has 2 aromatic carbocycles. The molecule has 0 spiro atoms. The van der Waals surface area contributed by atoms with Crippen LogP contribution in [0.15, 0.2) is 47.5 Å². The summed E-state index contributed by atoms with van der Waals surface area (Å²) in [5.41, 5.74) is 3.12. The van der Waals surface area contributed by atoms with E-state index in [1.165, 1.54) is 0 Å². The van der Waals surface area contributed by atoms with Gasteiger partial charge in [0.05, 0.1) is 12.8 Å². The van der Waals surface area contributed by atoms with Gasteiger partial charge in [0.1, 0.15) is 12.3 Å². The van der Waals surface area contributed by atoms with Crippen molar-refractivity contribution < 1.29 is 9.53 Å². The summed E-state index contributed by atoms with van der Waals surface area (Å²) >= 11 is 6.38. The molecule has 0 aliphatic carbocycles. The van der Waals surface area contributed by atoms with Crippen LogP contribution in [0.3, 0.4) is 0 Å². The van der Waals surface area contributed by atoms with Gasteiger partial charge in [0.15, 0.2) is 0 Å². The number of amides is 1. The Balaban J connectivity index is 1.68. The average Bonchev–Trinajstić information content (AvgIpc) is 2.99. The van der Waals surface area contributed by atoms with Crippen LogP contribution in [-0.4, -0.2) is 30.4 Å². The first-order chi connectivity index (χ1) is 11.7. The largest absolute Gasteiger partial charge is 0.497 e. The molecule has 2 aliphatic rings. The lowest BCUT2D eigenvalue weighted by Gasteiger charge is -2.37. The van der Waals surface area contributed by atoms with Crippen molar-refractivity contribution >= 4 is 29.2 Å². The molecule has 6 heteroatoms. The fraction of sp³-hybridized carbons (Fsp3) is 0.222. The Bertz CT molecular complexity index is 833. The van der Waals surface area contributed by atoms with Crippen molar-refractivity contribution in [1.82, 2.24) is 4.90 Å². The highest BCUT2D eigenvalue weighted by molar-refractivity contribution is 6.32. The van der Waals surface area contributed by atoms with Gasteiger partial charge < -0.3 is 14.5 Å². The minimum absolute atomic E-state index is 0.127. The van der Waals surface area contributed by atoms with Gasteiger partial charge in [-0.3, -0.25) is 4.79 Å². The summed E-state index contributed by atoms with van der Waals surface area (Å²) in [6.45, 7) is 1.54. The van der Waals surface area contributed by atoms with Gasteiger partial charge in [-0.2, -0.15) is 4.99 Å². The van der Waals surface area contributed by atoms with Crippen molar-refractivity contribution in [2.24, 2.45) is 4.99 Å². The highest BCUT2D eigenvalue weighted by Crippen LogP contribution is 2.35. The zero-order valence-corrected chi connectivity index (χ0v) is 14.0. The van der Waals surface area contributed by atoms with Crippen LogP contribution < -0.4 is 9.64 Å². The van der Waals surface area contributed by atoms with E-state index in [9.17, 15) is 4.79 Å². The number of carbonyl (C=O) groups is 1. The van der Waals surface area contributed by atoms with E-state index in [0.29, 0.717) is 24.1 Å². The molecule has 0 saturated heterocycles. The van der Waals surface area contributed by atoms with E-state index >= 15 is 0 Å². The highest BCUT2D eigenvalue weighted by atomic mass is 35.5. The van der Waals surface area contributed by atoms with Crippen LogP contribution in [0.2, 0.25) is 5.02 Å². The summed E-state index contributed by atoms with van der Waals surface area (Å²) in [5.74, 6) is 1.39. The molecule has 2 aliphatic heterocycles. The first-order valence-electron chi connectivity index (χ1n) is 7.70. The number of methoxy groups -OCH3 is 1. The van der Waals surface area contributed by atoms with Gasteiger partial charge >= 0.3 is 0 Å². The molecule has 0 fully saturated rings. The molecule has 0 saturated carbocycles. The normalized spacial score (nSPS) is 15.9. The van der Waals surface area contributed by atoms with E-state index in [2.05, 4.69) is 9.89 Å². The molecule has 5 nitrogen and oxygen atoms in total. The Labute approximate surface area is 145 Å². The smallest absolute Gasteiger partial charge is 0.268 e. The predicted molar refractivity (Wildman–Crippen MR) is 93.5 cm³/mol. The Morgan fingerprint density at radius 3 is 2.71 bits per heavy atom. The SMILES string of the molecule is COc1ccc(CN2Cc3c(Cl)cccc3N3CC(=O)N=C23)cc1. The Kier molecular flexibility index (Phi) is 3.65. The van der Waals surface area contributed by atoms with Crippen LogP contribution in [0.4, 0.5) is 5.69 Å². The zero-order chi connectivity index (χ0) is 16.7. The van der Waals surface area contributed by atoms with Crippen molar-refractivity contribution in [1.29, 1.82) is 0 Å². The predicted octanol–water partition coefficient (Wildman–Crippen LogP) is 3.07. The maximum absolute atomic E-state index is 11.9. The van der Waals surface area contributed by atoms with Crippen molar-refractivity contribution in [2.45, 2.75) is 13.1 Å². The minimum atomic E-state index is -0.127. The van der Waals surface area contributed by atoms with Crippen molar-refractivity contribution in [3.8, 4) is 5.75 Å². The third-order valence-corrected chi connectivity index (χ3v) is 4.66. The topological polar surface area (TPSA) is 45.1 Å². The second-order valence-electron chi connectivity index (χ2n) is 5.83. The summed E-state index contributed by atoms with van der Waals surface area (Å²) in [4.78, 5) is 20.1. The molecule has 4 rings (SSSR count). The molecule has 2 heterocycles. The van der Waals surface area contributed by atoms with Crippen molar-refractivity contribution in [2.75, 3.05) is 18.6 Å². The van der Waals surface area contributed by atoms with Crippen molar-refractivity contribution in [3.05, 3.63) is 58.6 Å². The first-order valence-corrected chi connectivity index (χ1v) is 8.08. The molecule has 24 heavy (non-hydrogen) atoms. The summed E-state index contributed by atoms with van der Waals surface area (Å²) in [5, 5.41) is 0.714. The van der Waals surface area contributed by atoms with E-state index in [1.54, 1.807) is 7.11 Å². The minimum Gasteiger partial charge on any atom is -0.497 e. The van der Waals surface area contributed by atoms with E-state index in [-0.39, 0.29) is 12.5 Å². The van der Waals surface area contributed by atoms with Crippen LogP contribution in [0, 0.1) is 0 Å². The Hall–Kier alpha value is -2.53. The van der Waals surface area contributed by atoms with Gasteiger partial charge in [-0.15, -0.1) is 0 Å². The molecular formula is C18H16ClN3O2. The second kappa shape index (κ2) is 5.83. The molecule has 2 aromatic rings. The van der Waals surface area contributed by atoms with Crippen LogP contribution in [-0.2, 0) is 17.9 Å². The summed E-state index contributed by atoms with van der Waals surface area (Å²) in [7, 11) is 1.65. The highest BCUT2D eigenvalue weighted by Gasteiger charge is 2.35. The number of anilines is 1. The maximum Gasteiger partial charge on any atom is 0.268 e. The van der Waals surface area contributed by atoms with Gasteiger partial charge in [-0.05, 0) is 29.8 Å². The van der Waals surface area contributed by atoms with Crippen molar-refractivity contribution in [3.63, 3.8) is 0 Å². The van der Waals surface area contributed by atoms with E-state index in [1.807, 2.05) is 47.4 Å². The van der Waals surface area contributed by atoms with Gasteiger partial charge in [-0.25, -0.2) is 0 Å². The van der Waals surface area contributed by atoms with Crippen LogP contribution in [0.1, 0.15) is 11.1 Å². The number of hydrogen-bond donors (Lipinski definition) is 0. The zero-order valence-electron chi connectivity index (χ0n) is 13.2. The Morgan fingerprint density at radius 2 is 1.96 bits per heavy atom. The molecule has 0 unspecified atom stereocenters. The third kappa shape index (κ3) is 2.51. The molecule has 0 bridgehead atoms. The molecule has 0 N–H and O–H groups in total. The standard InChI is InChI=1S/C18H16ClN3O2/c1-24-13-7-5-12(6-8-13)9-21-10-14-15(19)3-2-4-16(14)22-11-17(23)20-18(21)22/h2-8H,9-11H2,1H3. The first kappa shape index (κ1) is 15.0. The van der Waals surface area contributed by atoms with E-state index < -0.39 is 0 Å². The lowest BCUT2D eigenvalue weighted by molar-refractivity contribution is -0.115. The van der Waals surface area contributed by atoms with Gasteiger partial charge in [0.25, 0.3) is 5.91 Å². The maximum atomic E-state index is 11.9. The average molecular weight is 342 g/mol. The number of hydrogen-bond acceptors (Lipinski definition) is 4. The lowest BCUT2D eigenvalue weighted by Crippen LogP contribution is -2.45. The molecule has 0 atom stereocenters. The number of halogens is 1. The summed E-state index contributed by atoms with van der Waals surface area (Å²) in [6.07, 6.45) is 0. The Morgan fingerprint density at radius 1 is 1.17 bits per heavy atom. The molecule has 1 amide bonds. The van der Waals surface area contributed by atoms with Gasteiger partial charge in [0.2, 0.25) is 5.96 Å². The fourth-order valence-corrected chi connectivity index (χ4v) is 3.37. The number of carbonyl (C=O) groups excluding carboxylic acids is 1. The quantitative estimate of drug-likeness (QED) is 0.860. The summed E-state index contributed by atoms with van der Waals surface area (Å²) in [6, 6.07) is 13.7. The molecule has 0 aromatic heterocycles. The number of nitrogens with zero attached hydrogens (tertiary/aromatic N) is 3. The monoisotopic (exact) mass is 341 g/mol. The number of aliphatic imine (C=N–C) groups is 1. The van der Waals surface area contributed by atoms with E-state index in [0.717, 1.165) is 22.6 Å². The number of ether oxygens (including phenoxy) is 1.